The van der Waals surface area contributed by atoms with Crippen LogP contribution in [0.1, 0.15) is 11.4 Å². The Bertz CT molecular complexity index is 482. The molecule has 0 aliphatic heterocycles. The summed E-state index contributed by atoms with van der Waals surface area (Å²) in [5.74, 6) is 0. The second-order valence-corrected chi connectivity index (χ2v) is 3.59. The molecule has 0 amide bonds. The molecule has 0 saturated heterocycles. The van der Waals surface area contributed by atoms with Crippen molar-refractivity contribution in [1.29, 1.82) is 0 Å². The Morgan fingerprint density at radius 2 is 2.19 bits per heavy atom. The number of pyridine rings is 2. The molecule has 2 aromatic heterocycles. The number of rotatable bonds is 3. The maximum atomic E-state index is 5.77. The lowest BCUT2D eigenvalue weighted by Gasteiger charge is -2.08. The van der Waals surface area contributed by atoms with Gasteiger partial charge in [0.2, 0.25) is 0 Å². The van der Waals surface area contributed by atoms with Gasteiger partial charge in [-0.2, -0.15) is 0 Å². The van der Waals surface area contributed by atoms with Crippen LogP contribution in [0.15, 0.2) is 36.7 Å². The molecule has 0 aliphatic carbocycles. The lowest BCUT2D eigenvalue weighted by molar-refractivity contribution is 1.01. The zero-order valence-electron chi connectivity index (χ0n) is 9.14. The van der Waals surface area contributed by atoms with Crippen LogP contribution in [0.2, 0.25) is 0 Å². The summed E-state index contributed by atoms with van der Waals surface area (Å²) in [4.78, 5) is 8.33. The van der Waals surface area contributed by atoms with Crippen molar-refractivity contribution in [2.75, 3.05) is 11.1 Å². The van der Waals surface area contributed by atoms with E-state index in [1.807, 2.05) is 31.2 Å². The Morgan fingerprint density at radius 1 is 1.31 bits per heavy atom. The van der Waals surface area contributed by atoms with Gasteiger partial charge in [-0.3, -0.25) is 9.97 Å². The van der Waals surface area contributed by atoms with Crippen LogP contribution in [0, 0.1) is 6.92 Å². The standard InChI is InChI=1S/C12H14N4/c1-9-3-2-4-10(16-9)7-15-12-5-6-14-8-11(12)13/h2-6,8H,7,13H2,1H3,(H,14,15). The molecule has 2 heterocycles. The van der Waals surface area contributed by atoms with Crippen LogP contribution in [0.25, 0.3) is 0 Å². The summed E-state index contributed by atoms with van der Waals surface area (Å²) in [7, 11) is 0. The minimum Gasteiger partial charge on any atom is -0.396 e. The van der Waals surface area contributed by atoms with Crippen molar-refractivity contribution in [1.82, 2.24) is 9.97 Å². The van der Waals surface area contributed by atoms with E-state index in [-0.39, 0.29) is 0 Å². The van der Waals surface area contributed by atoms with Gasteiger partial charge in [0.05, 0.1) is 29.8 Å². The Balaban J connectivity index is 2.05. The van der Waals surface area contributed by atoms with Crippen LogP contribution in [-0.4, -0.2) is 9.97 Å². The maximum Gasteiger partial charge on any atom is 0.0736 e. The lowest BCUT2D eigenvalue weighted by atomic mass is 10.3. The molecule has 2 aromatic rings. The Hall–Kier alpha value is -2.10. The van der Waals surface area contributed by atoms with Crippen molar-refractivity contribution >= 4 is 11.4 Å². The summed E-state index contributed by atoms with van der Waals surface area (Å²) < 4.78 is 0. The van der Waals surface area contributed by atoms with Gasteiger partial charge in [-0.15, -0.1) is 0 Å². The highest BCUT2D eigenvalue weighted by molar-refractivity contribution is 5.64. The predicted molar refractivity (Wildman–Crippen MR) is 65.0 cm³/mol. The molecular weight excluding hydrogens is 200 g/mol. The van der Waals surface area contributed by atoms with Crippen molar-refractivity contribution in [2.45, 2.75) is 13.5 Å². The first-order chi connectivity index (χ1) is 7.75. The average Bonchev–Trinajstić information content (AvgIpc) is 2.28. The van der Waals surface area contributed by atoms with E-state index in [0.29, 0.717) is 12.2 Å². The van der Waals surface area contributed by atoms with Crippen LogP contribution in [0.5, 0.6) is 0 Å². The number of nitrogens with two attached hydrogens (primary N) is 1. The largest absolute Gasteiger partial charge is 0.396 e. The molecule has 4 heteroatoms. The van der Waals surface area contributed by atoms with Gasteiger partial charge in [0.25, 0.3) is 0 Å². The molecule has 82 valence electrons. The fraction of sp³-hybridized carbons (Fsp3) is 0.167. The van der Waals surface area contributed by atoms with E-state index in [1.165, 1.54) is 0 Å². The summed E-state index contributed by atoms with van der Waals surface area (Å²) in [6.07, 6.45) is 3.34. The molecule has 2 rings (SSSR count). The van der Waals surface area contributed by atoms with Gasteiger partial charge in [-0.1, -0.05) is 6.07 Å². The number of hydrogen-bond acceptors (Lipinski definition) is 4. The Kier molecular flexibility index (Phi) is 3.00. The van der Waals surface area contributed by atoms with Crippen molar-refractivity contribution in [3.63, 3.8) is 0 Å². The third kappa shape index (κ3) is 2.48. The molecule has 0 aromatic carbocycles. The minimum atomic E-state index is 0.648. The summed E-state index contributed by atoms with van der Waals surface area (Å²) in [6, 6.07) is 7.81. The molecule has 3 N–H and O–H groups in total. The van der Waals surface area contributed by atoms with Crippen molar-refractivity contribution in [2.24, 2.45) is 0 Å². The zero-order valence-corrected chi connectivity index (χ0v) is 9.14. The van der Waals surface area contributed by atoms with Crippen molar-refractivity contribution in [3.8, 4) is 0 Å². The smallest absolute Gasteiger partial charge is 0.0736 e. The van der Waals surface area contributed by atoms with Crippen LogP contribution in [0.3, 0.4) is 0 Å². The third-order valence-electron chi connectivity index (χ3n) is 2.26. The van der Waals surface area contributed by atoms with E-state index in [2.05, 4.69) is 15.3 Å². The highest BCUT2D eigenvalue weighted by atomic mass is 14.9. The first-order valence-corrected chi connectivity index (χ1v) is 5.11. The summed E-state index contributed by atoms with van der Waals surface area (Å²) in [5.41, 5.74) is 9.32. The number of nitrogen functional groups attached to an aromatic ring is 1. The molecule has 0 atom stereocenters. The molecule has 0 saturated carbocycles. The van der Waals surface area contributed by atoms with Crippen molar-refractivity contribution < 1.29 is 0 Å². The average molecular weight is 214 g/mol. The highest BCUT2D eigenvalue weighted by Crippen LogP contribution is 2.15. The molecule has 0 unspecified atom stereocenters. The number of nitrogens with one attached hydrogen (secondary N) is 1. The van der Waals surface area contributed by atoms with E-state index < -0.39 is 0 Å². The lowest BCUT2D eigenvalue weighted by Crippen LogP contribution is -2.04. The van der Waals surface area contributed by atoms with Crippen LogP contribution in [0.4, 0.5) is 11.4 Å². The van der Waals surface area contributed by atoms with E-state index in [9.17, 15) is 0 Å². The molecular formula is C12H14N4. The molecule has 16 heavy (non-hydrogen) atoms. The molecule has 0 aliphatic rings. The Morgan fingerprint density at radius 3 is 2.94 bits per heavy atom. The van der Waals surface area contributed by atoms with Gasteiger partial charge in [-0.05, 0) is 25.1 Å². The van der Waals surface area contributed by atoms with Crippen LogP contribution < -0.4 is 11.1 Å². The molecule has 4 nitrogen and oxygen atoms in total. The summed E-state index contributed by atoms with van der Waals surface area (Å²) >= 11 is 0. The van der Waals surface area contributed by atoms with Crippen molar-refractivity contribution in [3.05, 3.63) is 48.0 Å². The minimum absolute atomic E-state index is 0.648. The monoisotopic (exact) mass is 214 g/mol. The molecule has 0 fully saturated rings. The Labute approximate surface area is 94.5 Å². The number of hydrogen-bond donors (Lipinski definition) is 2. The number of anilines is 2. The number of aromatic nitrogens is 2. The van der Waals surface area contributed by atoms with Crippen LogP contribution >= 0.6 is 0 Å². The van der Waals surface area contributed by atoms with Gasteiger partial charge in [-0.25, -0.2) is 0 Å². The first-order valence-electron chi connectivity index (χ1n) is 5.11. The van der Waals surface area contributed by atoms with E-state index in [1.54, 1.807) is 12.4 Å². The normalized spacial score (nSPS) is 10.1. The molecule has 0 radical (unpaired) electrons. The quantitative estimate of drug-likeness (QED) is 0.820. The fourth-order valence-corrected chi connectivity index (χ4v) is 1.45. The van der Waals surface area contributed by atoms with E-state index in [0.717, 1.165) is 17.1 Å². The van der Waals surface area contributed by atoms with Gasteiger partial charge < -0.3 is 11.1 Å². The fourth-order valence-electron chi connectivity index (χ4n) is 1.45. The number of aryl methyl sites for hydroxylation is 1. The van der Waals surface area contributed by atoms with Gasteiger partial charge in [0.15, 0.2) is 0 Å². The van der Waals surface area contributed by atoms with E-state index >= 15 is 0 Å². The summed E-state index contributed by atoms with van der Waals surface area (Å²) in [5, 5.41) is 3.23. The third-order valence-corrected chi connectivity index (χ3v) is 2.26. The second-order valence-electron chi connectivity index (χ2n) is 3.59. The maximum absolute atomic E-state index is 5.77. The van der Waals surface area contributed by atoms with E-state index in [4.69, 9.17) is 5.73 Å². The highest BCUT2D eigenvalue weighted by Gasteiger charge is 1.98. The molecule has 0 spiro atoms. The summed E-state index contributed by atoms with van der Waals surface area (Å²) in [6.45, 7) is 2.64. The topological polar surface area (TPSA) is 63.8 Å². The SMILES string of the molecule is Cc1cccc(CNc2ccncc2N)n1. The van der Waals surface area contributed by atoms with Crippen LogP contribution in [-0.2, 0) is 6.54 Å². The zero-order chi connectivity index (χ0) is 11.4. The second kappa shape index (κ2) is 4.61. The first kappa shape index (κ1) is 10.4. The van der Waals surface area contributed by atoms with Gasteiger partial charge >= 0.3 is 0 Å². The predicted octanol–water partition coefficient (Wildman–Crippen LogP) is 1.98. The number of nitrogens with zero attached hydrogens (tertiary/aromatic N) is 2. The molecule has 0 bridgehead atoms. The van der Waals surface area contributed by atoms with Gasteiger partial charge in [0.1, 0.15) is 0 Å². The van der Waals surface area contributed by atoms with Gasteiger partial charge in [0, 0.05) is 11.9 Å².